The van der Waals surface area contributed by atoms with Gasteiger partial charge in [0, 0.05) is 28.5 Å². The van der Waals surface area contributed by atoms with Crippen molar-refractivity contribution in [2.24, 2.45) is 0 Å². The molecule has 25 heavy (non-hydrogen) atoms. The van der Waals surface area contributed by atoms with E-state index in [4.69, 9.17) is 28.5 Å². The number of carbonyl (C=O) groups is 1. The van der Waals surface area contributed by atoms with Gasteiger partial charge in [0.2, 0.25) is 0 Å². The summed E-state index contributed by atoms with van der Waals surface area (Å²) in [6.07, 6.45) is 1.89. The van der Waals surface area contributed by atoms with Gasteiger partial charge in [-0.2, -0.15) is 5.26 Å². The maximum absolute atomic E-state index is 12.0. The first kappa shape index (κ1) is 18.7. The topological polar surface area (TPSA) is 85.2 Å². The summed E-state index contributed by atoms with van der Waals surface area (Å²) < 4.78 is 0. The summed E-state index contributed by atoms with van der Waals surface area (Å²) in [4.78, 5) is 12.0. The van der Waals surface area contributed by atoms with Gasteiger partial charge in [0.05, 0.1) is 0 Å². The first-order valence-electron chi connectivity index (χ1n) is 7.37. The van der Waals surface area contributed by atoms with Crippen LogP contribution in [-0.4, -0.2) is 17.6 Å². The fourth-order valence-corrected chi connectivity index (χ4v) is 2.55. The van der Waals surface area contributed by atoms with Crippen molar-refractivity contribution in [3.05, 3.63) is 69.8 Å². The Hall–Kier alpha value is -2.68. The van der Waals surface area contributed by atoms with Crippen molar-refractivity contribution in [3.63, 3.8) is 0 Å². The maximum atomic E-state index is 12.0. The highest BCUT2D eigenvalue weighted by molar-refractivity contribution is 6.35. The Morgan fingerprint density at radius 1 is 1.16 bits per heavy atom. The van der Waals surface area contributed by atoms with E-state index in [9.17, 15) is 9.90 Å². The molecule has 128 valence electrons. The van der Waals surface area contributed by atoms with E-state index in [1.54, 1.807) is 42.5 Å². The van der Waals surface area contributed by atoms with Gasteiger partial charge in [-0.05, 0) is 42.3 Å². The lowest BCUT2D eigenvalue weighted by atomic mass is 10.1. The molecule has 0 atom stereocenters. The molecular weight excluding hydrogens is 361 g/mol. The molecule has 0 radical (unpaired) electrons. The van der Waals surface area contributed by atoms with Crippen molar-refractivity contribution in [2.75, 3.05) is 11.9 Å². The third-order valence-corrected chi connectivity index (χ3v) is 3.68. The smallest absolute Gasteiger partial charge is 0.263 e. The monoisotopic (exact) mass is 375 g/mol. The second kappa shape index (κ2) is 8.97. The molecular formula is C18H15Cl2N3O2. The normalized spacial score (nSPS) is 10.8. The molecule has 0 heterocycles. The van der Waals surface area contributed by atoms with Crippen LogP contribution in [0.2, 0.25) is 10.0 Å². The number of aromatic hydroxyl groups is 1. The Morgan fingerprint density at radius 3 is 2.40 bits per heavy atom. The first-order valence-corrected chi connectivity index (χ1v) is 8.12. The van der Waals surface area contributed by atoms with Gasteiger partial charge < -0.3 is 15.7 Å². The van der Waals surface area contributed by atoms with Crippen LogP contribution in [0.4, 0.5) is 5.69 Å². The minimum atomic E-state index is -0.484. The summed E-state index contributed by atoms with van der Waals surface area (Å²) in [6.45, 7) is 0.367. The third-order valence-electron chi connectivity index (χ3n) is 3.25. The van der Waals surface area contributed by atoms with Crippen molar-refractivity contribution < 1.29 is 9.90 Å². The van der Waals surface area contributed by atoms with Crippen LogP contribution >= 0.6 is 23.2 Å². The summed E-state index contributed by atoms with van der Waals surface area (Å²) in [6, 6.07) is 13.4. The zero-order valence-electron chi connectivity index (χ0n) is 13.1. The number of carbonyl (C=O) groups excluding carboxylic acids is 1. The number of anilines is 1. The molecule has 2 aromatic carbocycles. The van der Waals surface area contributed by atoms with Crippen LogP contribution in [-0.2, 0) is 11.2 Å². The summed E-state index contributed by atoms with van der Waals surface area (Å²) in [5, 5.41) is 24.7. The molecule has 2 rings (SSSR count). The highest BCUT2D eigenvalue weighted by Gasteiger charge is 2.08. The molecule has 0 fully saturated rings. The van der Waals surface area contributed by atoms with E-state index in [1.807, 2.05) is 6.07 Å². The molecule has 0 saturated carbocycles. The zero-order chi connectivity index (χ0) is 18.2. The van der Waals surface area contributed by atoms with E-state index in [-0.39, 0.29) is 11.3 Å². The second-order valence-electron chi connectivity index (χ2n) is 5.14. The molecule has 0 unspecified atom stereocenters. The van der Waals surface area contributed by atoms with E-state index < -0.39 is 5.91 Å². The average Bonchev–Trinajstić information content (AvgIpc) is 2.56. The lowest BCUT2D eigenvalue weighted by molar-refractivity contribution is -0.117. The molecule has 0 bridgehead atoms. The largest absolute Gasteiger partial charge is 0.508 e. The van der Waals surface area contributed by atoms with Crippen molar-refractivity contribution in [3.8, 4) is 11.8 Å². The number of nitrogens with one attached hydrogen (secondary N) is 2. The lowest BCUT2D eigenvalue weighted by Crippen LogP contribution is -2.27. The number of hydrogen-bond donors (Lipinski definition) is 3. The van der Waals surface area contributed by atoms with Crippen molar-refractivity contribution in [1.29, 1.82) is 5.26 Å². The van der Waals surface area contributed by atoms with Gasteiger partial charge in [-0.25, -0.2) is 0 Å². The summed E-state index contributed by atoms with van der Waals surface area (Å²) in [5.41, 5.74) is 1.47. The highest BCUT2D eigenvalue weighted by atomic mass is 35.5. The predicted octanol–water partition coefficient (Wildman–Crippen LogP) is 3.88. The lowest BCUT2D eigenvalue weighted by Gasteiger charge is -2.06. The number of phenols is 1. The zero-order valence-corrected chi connectivity index (χ0v) is 14.6. The van der Waals surface area contributed by atoms with Crippen LogP contribution < -0.4 is 10.6 Å². The van der Waals surface area contributed by atoms with Crippen LogP contribution in [0.5, 0.6) is 5.75 Å². The van der Waals surface area contributed by atoms with E-state index in [1.165, 1.54) is 6.20 Å². The second-order valence-corrected chi connectivity index (χ2v) is 6.02. The van der Waals surface area contributed by atoms with Crippen LogP contribution in [0.3, 0.4) is 0 Å². The molecule has 5 nitrogen and oxygen atoms in total. The van der Waals surface area contributed by atoms with Crippen LogP contribution in [0.25, 0.3) is 0 Å². The van der Waals surface area contributed by atoms with E-state index in [2.05, 4.69) is 10.6 Å². The Kier molecular flexibility index (Phi) is 6.70. The molecule has 0 aromatic heterocycles. The Morgan fingerprint density at radius 2 is 1.80 bits per heavy atom. The van der Waals surface area contributed by atoms with Crippen molar-refractivity contribution in [2.45, 2.75) is 6.42 Å². The molecule has 0 aliphatic carbocycles. The van der Waals surface area contributed by atoms with E-state index in [0.29, 0.717) is 28.7 Å². The minimum absolute atomic E-state index is 0.0678. The molecule has 3 N–H and O–H groups in total. The highest BCUT2D eigenvalue weighted by Crippen LogP contribution is 2.22. The predicted molar refractivity (Wildman–Crippen MR) is 98.6 cm³/mol. The fraction of sp³-hybridized carbons (Fsp3) is 0.111. The number of nitriles is 1. The van der Waals surface area contributed by atoms with Gasteiger partial charge in [-0.1, -0.05) is 35.3 Å². The average molecular weight is 376 g/mol. The quantitative estimate of drug-likeness (QED) is 0.528. The van der Waals surface area contributed by atoms with Gasteiger partial charge in [0.15, 0.2) is 0 Å². The Bertz CT molecular complexity index is 807. The standard InChI is InChI=1S/C18H15Cl2N3O2/c19-14-7-15(20)9-16(8-14)23-11-13(10-21)18(25)22-6-5-12-1-3-17(24)4-2-12/h1-4,7-9,11,23-24H,5-6H2,(H,22,25)/b13-11-. The Labute approximate surface area is 155 Å². The van der Waals surface area contributed by atoms with Gasteiger partial charge in [-0.15, -0.1) is 0 Å². The molecule has 0 spiro atoms. The summed E-state index contributed by atoms with van der Waals surface area (Å²) in [5.74, 6) is -0.295. The van der Waals surface area contributed by atoms with Crippen molar-refractivity contribution in [1.82, 2.24) is 5.32 Å². The molecule has 7 heteroatoms. The van der Waals surface area contributed by atoms with Gasteiger partial charge in [0.1, 0.15) is 17.4 Å². The first-order chi connectivity index (χ1) is 12.0. The number of phenolic OH excluding ortho intramolecular Hbond substituents is 1. The number of rotatable bonds is 6. The third kappa shape index (κ3) is 6.03. The van der Waals surface area contributed by atoms with Crippen molar-refractivity contribution >= 4 is 34.8 Å². The summed E-state index contributed by atoms with van der Waals surface area (Å²) >= 11 is 11.8. The number of hydrogen-bond acceptors (Lipinski definition) is 4. The maximum Gasteiger partial charge on any atom is 0.263 e. The van der Waals surface area contributed by atoms with Gasteiger partial charge >= 0.3 is 0 Å². The fourth-order valence-electron chi connectivity index (χ4n) is 2.02. The Balaban J connectivity index is 1.91. The number of halogens is 2. The SMILES string of the molecule is N#C/C(=C/Nc1cc(Cl)cc(Cl)c1)C(=O)NCCc1ccc(O)cc1. The van der Waals surface area contributed by atoms with Crippen LogP contribution in [0.1, 0.15) is 5.56 Å². The molecule has 1 amide bonds. The van der Waals surface area contributed by atoms with Gasteiger partial charge in [-0.3, -0.25) is 4.79 Å². The molecule has 0 aliphatic rings. The number of amides is 1. The summed E-state index contributed by atoms with van der Waals surface area (Å²) in [7, 11) is 0. The molecule has 2 aromatic rings. The van der Waals surface area contributed by atoms with E-state index >= 15 is 0 Å². The van der Waals surface area contributed by atoms with Gasteiger partial charge in [0.25, 0.3) is 5.91 Å². The number of benzene rings is 2. The van der Waals surface area contributed by atoms with Crippen LogP contribution in [0, 0.1) is 11.3 Å². The van der Waals surface area contributed by atoms with Crippen LogP contribution in [0.15, 0.2) is 54.2 Å². The molecule has 0 aliphatic heterocycles. The number of nitrogens with zero attached hydrogens (tertiary/aromatic N) is 1. The molecule has 0 saturated heterocycles. The minimum Gasteiger partial charge on any atom is -0.508 e. The van der Waals surface area contributed by atoms with E-state index in [0.717, 1.165) is 5.56 Å².